The smallest absolute Gasteiger partial charge is 0.245 e. The first-order valence-corrected chi connectivity index (χ1v) is 4.16. The third-order valence-electron chi connectivity index (χ3n) is 2.74. The maximum atomic E-state index is 11.7. The largest absolute Gasteiger partial charge is 0.311 e. The highest BCUT2D eigenvalue weighted by molar-refractivity contribution is 5.10. The molecule has 67 valence electrons. The van der Waals surface area contributed by atoms with Gasteiger partial charge >= 0.3 is 0 Å². The lowest BCUT2D eigenvalue weighted by Crippen LogP contribution is -2.46. The number of hydrogen-bond donors (Lipinski definition) is 0. The Morgan fingerprint density at radius 1 is 1.42 bits per heavy atom. The van der Waals surface area contributed by atoms with Crippen molar-refractivity contribution in [1.82, 2.24) is 5.06 Å². The SMILES string of the molecule is [C-]#[N+]C1CC(C)(C)N([O])C1(C)C. The Hall–Kier alpha value is -0.590. The number of hydrogen-bond acceptors (Lipinski definition) is 1. The van der Waals surface area contributed by atoms with Crippen molar-refractivity contribution in [3.05, 3.63) is 11.4 Å². The zero-order valence-corrected chi connectivity index (χ0v) is 8.09. The molecule has 0 bridgehead atoms. The quantitative estimate of drug-likeness (QED) is 0.506. The molecule has 1 saturated heterocycles. The van der Waals surface area contributed by atoms with Crippen LogP contribution in [0, 0.1) is 6.57 Å². The molecule has 1 aliphatic heterocycles. The summed E-state index contributed by atoms with van der Waals surface area (Å²) in [6.45, 7) is 14.5. The lowest BCUT2D eigenvalue weighted by Gasteiger charge is -2.29. The van der Waals surface area contributed by atoms with Crippen molar-refractivity contribution in [2.24, 2.45) is 0 Å². The van der Waals surface area contributed by atoms with Gasteiger partial charge in [0.25, 0.3) is 0 Å². The fourth-order valence-electron chi connectivity index (χ4n) is 1.92. The third kappa shape index (κ3) is 1.12. The Kier molecular flexibility index (Phi) is 1.94. The van der Waals surface area contributed by atoms with Crippen LogP contribution in [0.25, 0.3) is 4.85 Å². The summed E-state index contributed by atoms with van der Waals surface area (Å²) >= 11 is 0. The van der Waals surface area contributed by atoms with Gasteiger partial charge in [-0.05, 0) is 27.7 Å². The monoisotopic (exact) mass is 167 g/mol. The van der Waals surface area contributed by atoms with Crippen LogP contribution in [0.3, 0.4) is 0 Å². The van der Waals surface area contributed by atoms with Crippen molar-refractivity contribution in [2.75, 3.05) is 0 Å². The van der Waals surface area contributed by atoms with Crippen LogP contribution in [0.2, 0.25) is 0 Å². The van der Waals surface area contributed by atoms with E-state index in [4.69, 9.17) is 6.57 Å². The molecule has 1 heterocycles. The average molecular weight is 167 g/mol. The Labute approximate surface area is 73.8 Å². The molecule has 1 atom stereocenters. The highest BCUT2D eigenvalue weighted by Gasteiger charge is 2.56. The molecule has 0 spiro atoms. The molecular weight excluding hydrogens is 152 g/mol. The van der Waals surface area contributed by atoms with Crippen molar-refractivity contribution in [1.29, 1.82) is 0 Å². The van der Waals surface area contributed by atoms with Crippen LogP contribution in [0.15, 0.2) is 0 Å². The van der Waals surface area contributed by atoms with Crippen molar-refractivity contribution in [3.63, 3.8) is 0 Å². The summed E-state index contributed by atoms with van der Waals surface area (Å²) < 4.78 is 0. The fraction of sp³-hybridized carbons (Fsp3) is 0.889. The standard InChI is InChI=1S/C9H15N2O/c1-8(2)6-7(10-5)9(3,4)11(8)12/h7H,6H2,1-4H3. The van der Waals surface area contributed by atoms with Gasteiger partial charge in [-0.2, -0.15) is 0 Å². The molecule has 0 amide bonds. The molecule has 3 nitrogen and oxygen atoms in total. The van der Waals surface area contributed by atoms with Gasteiger partial charge in [-0.25, -0.2) is 6.57 Å². The first-order chi connectivity index (χ1) is 5.32. The first kappa shape index (κ1) is 9.50. The lowest BCUT2D eigenvalue weighted by atomic mass is 9.95. The molecule has 1 aliphatic rings. The van der Waals surface area contributed by atoms with E-state index >= 15 is 0 Å². The summed E-state index contributed by atoms with van der Waals surface area (Å²) in [7, 11) is 0. The second-order valence-electron chi connectivity index (χ2n) is 4.61. The number of hydroxylamine groups is 2. The minimum Gasteiger partial charge on any atom is -0.311 e. The molecule has 1 radical (unpaired) electrons. The van der Waals surface area contributed by atoms with E-state index in [1.807, 2.05) is 27.7 Å². The van der Waals surface area contributed by atoms with E-state index in [1.54, 1.807) is 0 Å². The van der Waals surface area contributed by atoms with Crippen LogP contribution in [0.4, 0.5) is 0 Å². The zero-order valence-electron chi connectivity index (χ0n) is 8.09. The molecule has 0 aromatic heterocycles. The maximum absolute atomic E-state index is 11.7. The third-order valence-corrected chi connectivity index (χ3v) is 2.74. The Balaban J connectivity index is 2.98. The Bertz CT molecular complexity index is 227. The highest BCUT2D eigenvalue weighted by atomic mass is 16.5. The molecule has 0 aliphatic carbocycles. The van der Waals surface area contributed by atoms with Crippen LogP contribution < -0.4 is 0 Å². The summed E-state index contributed by atoms with van der Waals surface area (Å²) in [4.78, 5) is 3.49. The summed E-state index contributed by atoms with van der Waals surface area (Å²) in [5, 5.41) is 12.8. The van der Waals surface area contributed by atoms with Crippen LogP contribution in [0.1, 0.15) is 34.1 Å². The lowest BCUT2D eigenvalue weighted by molar-refractivity contribution is -0.244. The van der Waals surface area contributed by atoms with Gasteiger partial charge in [-0.1, -0.05) is 0 Å². The topological polar surface area (TPSA) is 27.5 Å². The van der Waals surface area contributed by atoms with E-state index < -0.39 is 5.54 Å². The Morgan fingerprint density at radius 2 is 1.92 bits per heavy atom. The number of nitrogens with zero attached hydrogens (tertiary/aromatic N) is 2. The summed E-state index contributed by atoms with van der Waals surface area (Å²) in [6.07, 6.45) is 0.674. The number of rotatable bonds is 0. The molecule has 0 aromatic rings. The zero-order chi connectivity index (χ0) is 9.57. The van der Waals surface area contributed by atoms with E-state index in [0.29, 0.717) is 6.42 Å². The van der Waals surface area contributed by atoms with Crippen molar-refractivity contribution in [3.8, 4) is 0 Å². The van der Waals surface area contributed by atoms with Gasteiger partial charge in [0.2, 0.25) is 6.04 Å². The molecular formula is C9H15N2O. The van der Waals surface area contributed by atoms with Crippen LogP contribution in [-0.4, -0.2) is 22.2 Å². The van der Waals surface area contributed by atoms with Gasteiger partial charge in [0.15, 0.2) is 0 Å². The summed E-state index contributed by atoms with van der Waals surface area (Å²) in [6, 6.07) is -0.162. The Morgan fingerprint density at radius 3 is 2.08 bits per heavy atom. The fourth-order valence-corrected chi connectivity index (χ4v) is 1.92. The molecule has 1 unspecified atom stereocenters. The van der Waals surface area contributed by atoms with Crippen LogP contribution in [-0.2, 0) is 5.21 Å². The van der Waals surface area contributed by atoms with E-state index in [0.717, 1.165) is 5.06 Å². The second-order valence-corrected chi connectivity index (χ2v) is 4.61. The van der Waals surface area contributed by atoms with Crippen LogP contribution in [0.5, 0.6) is 0 Å². The van der Waals surface area contributed by atoms with Crippen molar-refractivity contribution >= 4 is 0 Å². The van der Waals surface area contributed by atoms with E-state index in [-0.39, 0.29) is 11.6 Å². The summed E-state index contributed by atoms with van der Waals surface area (Å²) in [5.74, 6) is 0. The van der Waals surface area contributed by atoms with Crippen molar-refractivity contribution in [2.45, 2.75) is 51.2 Å². The second kappa shape index (κ2) is 2.45. The molecule has 1 fully saturated rings. The van der Waals surface area contributed by atoms with E-state index in [9.17, 15) is 5.21 Å². The van der Waals surface area contributed by atoms with Gasteiger partial charge in [-0.15, -0.1) is 10.3 Å². The summed E-state index contributed by atoms with van der Waals surface area (Å²) in [5.41, 5.74) is -0.899. The molecule has 0 aromatic carbocycles. The predicted octanol–water partition coefficient (Wildman–Crippen LogP) is 1.88. The predicted molar refractivity (Wildman–Crippen MR) is 45.7 cm³/mol. The average Bonchev–Trinajstić information content (AvgIpc) is 2.11. The molecule has 12 heavy (non-hydrogen) atoms. The molecule has 0 N–H and O–H groups in total. The van der Waals surface area contributed by atoms with Gasteiger partial charge in [0.1, 0.15) is 5.54 Å². The van der Waals surface area contributed by atoms with Gasteiger partial charge < -0.3 is 4.85 Å². The first-order valence-electron chi connectivity index (χ1n) is 4.16. The molecule has 0 saturated carbocycles. The van der Waals surface area contributed by atoms with Gasteiger partial charge in [0, 0.05) is 6.42 Å². The molecule has 1 rings (SSSR count). The van der Waals surface area contributed by atoms with Gasteiger partial charge in [0.05, 0.1) is 5.54 Å². The van der Waals surface area contributed by atoms with Gasteiger partial charge in [-0.3, -0.25) is 0 Å². The van der Waals surface area contributed by atoms with E-state index in [1.165, 1.54) is 0 Å². The van der Waals surface area contributed by atoms with Crippen LogP contribution >= 0.6 is 0 Å². The highest BCUT2D eigenvalue weighted by Crippen LogP contribution is 2.40. The molecule has 3 heteroatoms. The normalized spacial score (nSPS) is 33.2. The minimum atomic E-state index is -0.523. The maximum Gasteiger partial charge on any atom is 0.245 e. The van der Waals surface area contributed by atoms with E-state index in [2.05, 4.69) is 4.85 Å². The van der Waals surface area contributed by atoms with Crippen molar-refractivity contribution < 1.29 is 5.21 Å². The minimum absolute atomic E-state index is 0.162.